The molecule has 2 rings (SSSR count). The second-order valence-corrected chi connectivity index (χ2v) is 5.26. The molecule has 19 heavy (non-hydrogen) atoms. The lowest BCUT2D eigenvalue weighted by molar-refractivity contribution is 1.76. The van der Waals surface area contributed by atoms with Crippen LogP contribution in [0.4, 0.5) is 0 Å². The van der Waals surface area contributed by atoms with E-state index in [1.54, 1.807) is 23.5 Å². The highest BCUT2D eigenvalue weighted by Crippen LogP contribution is 2.36. The molecule has 0 spiro atoms. The molecule has 1 aromatic carbocycles. The summed E-state index contributed by atoms with van der Waals surface area (Å²) in [5.41, 5.74) is 3.00. The van der Waals surface area contributed by atoms with E-state index in [1.807, 2.05) is 12.1 Å². The van der Waals surface area contributed by atoms with Crippen molar-refractivity contribution in [1.29, 1.82) is 0 Å². The number of benzene rings is 1. The SMILES string of the molecule is C=CC(=C)/C=C\c1sc2ccccc2c1C(=C)C=C. The van der Waals surface area contributed by atoms with E-state index < -0.39 is 0 Å². The van der Waals surface area contributed by atoms with Crippen LogP contribution in [0.5, 0.6) is 0 Å². The van der Waals surface area contributed by atoms with Gasteiger partial charge in [-0.15, -0.1) is 11.3 Å². The lowest BCUT2D eigenvalue weighted by Gasteiger charge is -2.00. The Bertz CT molecular complexity index is 696. The second kappa shape index (κ2) is 5.68. The number of allylic oxidation sites excluding steroid dienone is 5. The predicted molar refractivity (Wildman–Crippen MR) is 89.4 cm³/mol. The number of thiophene rings is 1. The number of rotatable bonds is 5. The molecule has 0 nitrogen and oxygen atoms in total. The van der Waals surface area contributed by atoms with Gasteiger partial charge in [0.05, 0.1) is 0 Å². The first-order chi connectivity index (χ1) is 9.17. The normalized spacial score (nSPS) is 10.7. The van der Waals surface area contributed by atoms with E-state index in [0.29, 0.717) is 0 Å². The summed E-state index contributed by atoms with van der Waals surface area (Å²) in [5, 5.41) is 1.22. The van der Waals surface area contributed by atoms with Gasteiger partial charge in [0.15, 0.2) is 0 Å². The van der Waals surface area contributed by atoms with Crippen LogP contribution in [0.25, 0.3) is 21.7 Å². The molecule has 1 heterocycles. The summed E-state index contributed by atoms with van der Waals surface area (Å²) in [6, 6.07) is 8.34. The Morgan fingerprint density at radius 3 is 2.47 bits per heavy atom. The number of hydrogen-bond acceptors (Lipinski definition) is 1. The third-order valence-electron chi connectivity index (χ3n) is 2.90. The fraction of sp³-hybridized carbons (Fsp3) is 0. The van der Waals surface area contributed by atoms with Crippen LogP contribution in [-0.4, -0.2) is 0 Å². The summed E-state index contributed by atoms with van der Waals surface area (Å²) in [4.78, 5) is 1.18. The van der Waals surface area contributed by atoms with Crippen LogP contribution in [0.1, 0.15) is 10.4 Å². The fourth-order valence-corrected chi connectivity index (χ4v) is 3.01. The van der Waals surface area contributed by atoms with Crippen molar-refractivity contribution in [2.24, 2.45) is 0 Å². The van der Waals surface area contributed by atoms with Crippen LogP contribution in [0.15, 0.2) is 74.4 Å². The molecular formula is C18H16S. The first-order valence-corrected chi connectivity index (χ1v) is 6.81. The van der Waals surface area contributed by atoms with Gasteiger partial charge in [-0.05, 0) is 23.3 Å². The van der Waals surface area contributed by atoms with Gasteiger partial charge in [0, 0.05) is 20.5 Å². The van der Waals surface area contributed by atoms with Gasteiger partial charge in [0.1, 0.15) is 0 Å². The van der Waals surface area contributed by atoms with E-state index in [0.717, 1.165) is 16.7 Å². The standard InChI is InChI=1S/C18H16S/c1-5-13(3)11-12-17-18(14(4)6-2)15-9-7-8-10-16(15)19-17/h5-12H,1-4H2/b12-11-. The summed E-state index contributed by atoms with van der Waals surface area (Å²) in [5.74, 6) is 0. The largest absolute Gasteiger partial charge is 0.135 e. The van der Waals surface area contributed by atoms with E-state index in [1.165, 1.54) is 15.0 Å². The van der Waals surface area contributed by atoms with Gasteiger partial charge in [0.25, 0.3) is 0 Å². The quantitative estimate of drug-likeness (QED) is 0.594. The monoisotopic (exact) mass is 264 g/mol. The molecule has 0 aliphatic heterocycles. The third kappa shape index (κ3) is 2.67. The predicted octanol–water partition coefficient (Wildman–Crippen LogP) is 5.86. The van der Waals surface area contributed by atoms with Crippen molar-refractivity contribution in [2.75, 3.05) is 0 Å². The zero-order chi connectivity index (χ0) is 13.8. The Morgan fingerprint density at radius 2 is 1.79 bits per heavy atom. The van der Waals surface area contributed by atoms with E-state index in [2.05, 4.69) is 50.6 Å². The molecule has 2 aromatic rings. The fourth-order valence-electron chi connectivity index (χ4n) is 1.87. The molecule has 1 aromatic heterocycles. The minimum absolute atomic E-state index is 0.896. The van der Waals surface area contributed by atoms with Crippen LogP contribution in [0, 0.1) is 0 Å². The van der Waals surface area contributed by atoms with Crippen molar-refractivity contribution in [1.82, 2.24) is 0 Å². The Balaban J connectivity index is 2.62. The van der Waals surface area contributed by atoms with Gasteiger partial charge < -0.3 is 0 Å². The Kier molecular flexibility index (Phi) is 3.98. The van der Waals surface area contributed by atoms with Gasteiger partial charge in [-0.1, -0.05) is 62.7 Å². The van der Waals surface area contributed by atoms with Crippen LogP contribution >= 0.6 is 11.3 Å². The molecule has 0 aliphatic rings. The van der Waals surface area contributed by atoms with Crippen molar-refractivity contribution in [2.45, 2.75) is 0 Å². The Labute approximate surface area is 118 Å². The van der Waals surface area contributed by atoms with Crippen LogP contribution in [0.3, 0.4) is 0 Å². The molecule has 0 fully saturated rings. The molecular weight excluding hydrogens is 248 g/mol. The maximum atomic E-state index is 4.09. The molecule has 0 bridgehead atoms. The Morgan fingerprint density at radius 1 is 1.05 bits per heavy atom. The smallest absolute Gasteiger partial charge is 0.0361 e. The maximum absolute atomic E-state index is 4.09. The summed E-state index contributed by atoms with van der Waals surface area (Å²) in [6.07, 6.45) is 7.58. The summed E-state index contributed by atoms with van der Waals surface area (Å²) >= 11 is 1.75. The number of fused-ring (bicyclic) bond motifs is 1. The minimum Gasteiger partial charge on any atom is -0.135 e. The van der Waals surface area contributed by atoms with Crippen molar-refractivity contribution in [3.05, 3.63) is 84.8 Å². The van der Waals surface area contributed by atoms with Gasteiger partial charge >= 0.3 is 0 Å². The van der Waals surface area contributed by atoms with Crippen molar-refractivity contribution >= 4 is 33.1 Å². The highest BCUT2D eigenvalue weighted by molar-refractivity contribution is 7.20. The van der Waals surface area contributed by atoms with Gasteiger partial charge in [-0.3, -0.25) is 0 Å². The second-order valence-electron chi connectivity index (χ2n) is 4.18. The van der Waals surface area contributed by atoms with Crippen LogP contribution in [-0.2, 0) is 0 Å². The average molecular weight is 264 g/mol. The summed E-state index contributed by atoms with van der Waals surface area (Å²) in [6.45, 7) is 15.5. The number of hydrogen-bond donors (Lipinski definition) is 0. The Hall–Kier alpha value is -2.12. The lowest BCUT2D eigenvalue weighted by atomic mass is 10.0. The molecule has 94 valence electrons. The molecule has 0 saturated heterocycles. The summed E-state index contributed by atoms with van der Waals surface area (Å²) < 4.78 is 1.25. The van der Waals surface area contributed by atoms with Crippen LogP contribution in [0.2, 0.25) is 0 Å². The van der Waals surface area contributed by atoms with Gasteiger partial charge in [-0.25, -0.2) is 0 Å². The maximum Gasteiger partial charge on any atom is 0.0361 e. The van der Waals surface area contributed by atoms with E-state index in [-0.39, 0.29) is 0 Å². The third-order valence-corrected chi connectivity index (χ3v) is 4.04. The highest BCUT2D eigenvalue weighted by Gasteiger charge is 2.10. The molecule has 0 radical (unpaired) electrons. The topological polar surface area (TPSA) is 0 Å². The zero-order valence-corrected chi connectivity index (χ0v) is 11.7. The van der Waals surface area contributed by atoms with Gasteiger partial charge in [0.2, 0.25) is 0 Å². The zero-order valence-electron chi connectivity index (χ0n) is 10.9. The van der Waals surface area contributed by atoms with Crippen LogP contribution < -0.4 is 0 Å². The van der Waals surface area contributed by atoms with Crippen molar-refractivity contribution in [3.8, 4) is 0 Å². The molecule has 0 unspecified atom stereocenters. The first kappa shape index (κ1) is 13.3. The molecule has 0 atom stereocenters. The average Bonchev–Trinajstić information content (AvgIpc) is 2.82. The molecule has 1 heteroatoms. The minimum atomic E-state index is 0.896. The van der Waals surface area contributed by atoms with E-state index in [4.69, 9.17) is 0 Å². The molecule has 0 amide bonds. The highest BCUT2D eigenvalue weighted by atomic mass is 32.1. The van der Waals surface area contributed by atoms with Gasteiger partial charge in [-0.2, -0.15) is 0 Å². The van der Waals surface area contributed by atoms with E-state index >= 15 is 0 Å². The molecule has 0 aliphatic carbocycles. The molecule has 0 N–H and O–H groups in total. The van der Waals surface area contributed by atoms with Crippen molar-refractivity contribution in [3.63, 3.8) is 0 Å². The summed E-state index contributed by atoms with van der Waals surface area (Å²) in [7, 11) is 0. The van der Waals surface area contributed by atoms with E-state index in [9.17, 15) is 0 Å². The molecule has 0 saturated carbocycles. The lowest BCUT2D eigenvalue weighted by Crippen LogP contribution is -1.79. The van der Waals surface area contributed by atoms with Crippen molar-refractivity contribution < 1.29 is 0 Å². The first-order valence-electron chi connectivity index (χ1n) is 6.00.